The van der Waals surface area contributed by atoms with Crippen LogP contribution in [0.15, 0.2) is 119 Å². The van der Waals surface area contributed by atoms with E-state index in [1.54, 1.807) is 0 Å². The number of para-hydroxylation sites is 2. The SMILES string of the molecule is CC(=Nc1c(C(C)C)cccc1C(C)C)c1cccc(-c2cccc(-c3cccc(-c4cccc(C(C)=Nc5c(C(C)C)cccc5C(C)C)n4)n3)n2)n1. The maximum absolute atomic E-state index is 5.18. The first-order valence-electron chi connectivity index (χ1n) is 19.2. The molecule has 0 bridgehead atoms. The first kappa shape index (κ1) is 38.1. The molecule has 0 spiro atoms. The molecule has 0 radical (unpaired) electrons. The Morgan fingerprint density at radius 2 is 0.593 bits per heavy atom. The van der Waals surface area contributed by atoms with Gasteiger partial charge >= 0.3 is 0 Å². The predicted octanol–water partition coefficient (Wildman–Crippen LogP) is 13.0. The van der Waals surface area contributed by atoms with Crippen LogP contribution in [-0.4, -0.2) is 31.4 Å². The van der Waals surface area contributed by atoms with E-state index in [4.69, 9.17) is 29.9 Å². The van der Waals surface area contributed by atoms with Crippen molar-refractivity contribution in [3.8, 4) is 34.2 Å². The summed E-state index contributed by atoms with van der Waals surface area (Å²) >= 11 is 0. The summed E-state index contributed by atoms with van der Waals surface area (Å²) in [7, 11) is 0. The zero-order valence-electron chi connectivity index (χ0n) is 33.4. The molecule has 6 aromatic rings. The van der Waals surface area contributed by atoms with Gasteiger partial charge in [-0.25, -0.2) is 19.9 Å². The third-order valence-electron chi connectivity index (χ3n) is 9.77. The molecule has 2 aromatic carbocycles. The van der Waals surface area contributed by atoms with E-state index in [1.165, 1.54) is 22.3 Å². The summed E-state index contributed by atoms with van der Waals surface area (Å²) in [5.74, 6) is 1.45. The number of pyridine rings is 4. The molecule has 4 aromatic heterocycles. The lowest BCUT2D eigenvalue weighted by Crippen LogP contribution is -2.03. The highest BCUT2D eigenvalue weighted by atomic mass is 14.9. The monoisotopic (exact) mass is 712 g/mol. The summed E-state index contributed by atoms with van der Waals surface area (Å²) in [4.78, 5) is 30.5. The van der Waals surface area contributed by atoms with E-state index in [-0.39, 0.29) is 0 Å². The highest BCUT2D eigenvalue weighted by Crippen LogP contribution is 2.37. The van der Waals surface area contributed by atoms with E-state index >= 15 is 0 Å². The van der Waals surface area contributed by atoms with Crippen molar-refractivity contribution in [1.29, 1.82) is 0 Å². The molecule has 0 saturated carbocycles. The fourth-order valence-corrected chi connectivity index (χ4v) is 6.73. The first-order valence-corrected chi connectivity index (χ1v) is 19.2. The molecule has 54 heavy (non-hydrogen) atoms. The van der Waals surface area contributed by atoms with Crippen molar-refractivity contribution in [2.45, 2.75) is 92.9 Å². The van der Waals surface area contributed by atoms with Gasteiger partial charge in [0.05, 0.1) is 68.3 Å². The molecule has 0 aliphatic rings. The maximum atomic E-state index is 5.18. The molecule has 4 heterocycles. The third kappa shape index (κ3) is 8.44. The molecule has 0 unspecified atom stereocenters. The highest BCUT2D eigenvalue weighted by Gasteiger charge is 2.17. The molecule has 6 heteroatoms. The minimum Gasteiger partial charge on any atom is -0.251 e. The van der Waals surface area contributed by atoms with Crippen LogP contribution in [0.4, 0.5) is 11.4 Å². The van der Waals surface area contributed by atoms with Crippen LogP contribution in [0.5, 0.6) is 0 Å². The lowest BCUT2D eigenvalue weighted by molar-refractivity contribution is 0.834. The van der Waals surface area contributed by atoms with E-state index in [0.29, 0.717) is 23.7 Å². The van der Waals surface area contributed by atoms with E-state index in [9.17, 15) is 0 Å². The zero-order valence-corrected chi connectivity index (χ0v) is 33.4. The van der Waals surface area contributed by atoms with Gasteiger partial charge in [-0.1, -0.05) is 116 Å². The molecule has 0 fully saturated rings. The topological polar surface area (TPSA) is 76.3 Å². The van der Waals surface area contributed by atoms with Crippen molar-refractivity contribution in [3.05, 3.63) is 143 Å². The molecule has 0 saturated heterocycles. The van der Waals surface area contributed by atoms with Crippen LogP contribution < -0.4 is 0 Å². The van der Waals surface area contributed by atoms with Gasteiger partial charge in [-0.3, -0.25) is 9.98 Å². The highest BCUT2D eigenvalue weighted by molar-refractivity contribution is 6.00. The van der Waals surface area contributed by atoms with Gasteiger partial charge in [0.15, 0.2) is 0 Å². The standard InChI is InChI=1S/C48H52N6/c1-29(2)35-17-11-18-36(30(3)4)47(35)49-33(9)39-21-13-23-41(51-39)43-25-15-27-45(53-43)46-28-16-26-44(54-46)42-24-14-22-40(52-42)34(10)50-48-37(31(5)6)19-12-20-38(48)32(7)8/h11-32H,1-10H3. The summed E-state index contributed by atoms with van der Waals surface area (Å²) in [6, 6.07) is 37.1. The Kier molecular flexibility index (Phi) is 11.7. The lowest BCUT2D eigenvalue weighted by atomic mass is 9.93. The number of nitrogens with zero attached hydrogens (tertiary/aromatic N) is 6. The number of hydrogen-bond donors (Lipinski definition) is 0. The van der Waals surface area contributed by atoms with E-state index in [0.717, 1.165) is 68.3 Å². The number of aromatic nitrogens is 4. The second kappa shape index (κ2) is 16.6. The first-order chi connectivity index (χ1) is 25.9. The van der Waals surface area contributed by atoms with E-state index in [1.807, 2.05) is 86.6 Å². The van der Waals surface area contributed by atoms with Crippen LogP contribution in [0.3, 0.4) is 0 Å². The Morgan fingerprint density at radius 1 is 0.352 bits per heavy atom. The fourth-order valence-electron chi connectivity index (χ4n) is 6.73. The summed E-state index contributed by atoms with van der Waals surface area (Å²) in [6.07, 6.45) is 0. The quantitative estimate of drug-likeness (QED) is 0.125. The Labute approximate surface area is 321 Å². The van der Waals surface area contributed by atoms with Gasteiger partial charge in [0, 0.05) is 0 Å². The summed E-state index contributed by atoms with van der Waals surface area (Å²) in [6.45, 7) is 21.8. The van der Waals surface area contributed by atoms with Crippen molar-refractivity contribution >= 4 is 22.8 Å². The fraction of sp³-hybridized carbons (Fsp3) is 0.292. The summed E-state index contributed by atoms with van der Waals surface area (Å²) < 4.78 is 0. The molecular formula is C48H52N6. The van der Waals surface area contributed by atoms with Gasteiger partial charge in [0.1, 0.15) is 0 Å². The smallest absolute Gasteiger partial charge is 0.0894 e. The van der Waals surface area contributed by atoms with E-state index in [2.05, 4.69) is 91.8 Å². The number of benzene rings is 2. The minimum absolute atomic E-state index is 0.363. The van der Waals surface area contributed by atoms with Crippen LogP contribution in [0.1, 0.15) is 127 Å². The minimum atomic E-state index is 0.363. The number of rotatable bonds is 11. The normalized spacial score (nSPS) is 12.4. The van der Waals surface area contributed by atoms with Crippen molar-refractivity contribution < 1.29 is 0 Å². The Bertz CT molecular complexity index is 2110. The van der Waals surface area contributed by atoms with Crippen LogP contribution in [0.25, 0.3) is 34.2 Å². The molecule has 0 N–H and O–H groups in total. The molecule has 274 valence electrons. The van der Waals surface area contributed by atoms with Crippen molar-refractivity contribution in [1.82, 2.24) is 19.9 Å². The molecule has 0 atom stereocenters. The van der Waals surface area contributed by atoms with Gasteiger partial charge in [0.2, 0.25) is 0 Å². The van der Waals surface area contributed by atoms with Gasteiger partial charge < -0.3 is 0 Å². The number of aliphatic imine (C=N–C) groups is 2. The predicted molar refractivity (Wildman–Crippen MR) is 227 cm³/mol. The van der Waals surface area contributed by atoms with Crippen LogP contribution in [-0.2, 0) is 0 Å². The lowest BCUT2D eigenvalue weighted by Gasteiger charge is -2.17. The second-order valence-corrected chi connectivity index (χ2v) is 15.2. The summed E-state index contributed by atoms with van der Waals surface area (Å²) in [5.41, 5.74) is 15.1. The van der Waals surface area contributed by atoms with Crippen molar-refractivity contribution in [2.24, 2.45) is 9.98 Å². The molecule has 6 nitrogen and oxygen atoms in total. The van der Waals surface area contributed by atoms with Crippen molar-refractivity contribution in [2.75, 3.05) is 0 Å². The largest absolute Gasteiger partial charge is 0.251 e. The average Bonchev–Trinajstić information content (AvgIpc) is 3.17. The second-order valence-electron chi connectivity index (χ2n) is 15.2. The Balaban J connectivity index is 1.30. The maximum Gasteiger partial charge on any atom is 0.0894 e. The molecule has 0 aliphatic carbocycles. The zero-order chi connectivity index (χ0) is 38.5. The molecule has 6 rings (SSSR count). The summed E-state index contributed by atoms with van der Waals surface area (Å²) in [5, 5.41) is 0. The third-order valence-corrected chi connectivity index (χ3v) is 9.77. The van der Waals surface area contributed by atoms with Gasteiger partial charge in [-0.05, 0) is 108 Å². The molecule has 0 amide bonds. The molecule has 0 aliphatic heterocycles. The van der Waals surface area contributed by atoms with Crippen LogP contribution >= 0.6 is 0 Å². The van der Waals surface area contributed by atoms with Gasteiger partial charge in [-0.15, -0.1) is 0 Å². The average molecular weight is 713 g/mol. The van der Waals surface area contributed by atoms with E-state index < -0.39 is 0 Å². The Morgan fingerprint density at radius 3 is 0.870 bits per heavy atom. The molecular weight excluding hydrogens is 661 g/mol. The van der Waals surface area contributed by atoms with Crippen LogP contribution in [0, 0.1) is 0 Å². The Hall–Kier alpha value is -5.62. The van der Waals surface area contributed by atoms with Gasteiger partial charge in [-0.2, -0.15) is 0 Å². The van der Waals surface area contributed by atoms with Crippen LogP contribution in [0.2, 0.25) is 0 Å². The van der Waals surface area contributed by atoms with Crippen molar-refractivity contribution in [3.63, 3.8) is 0 Å². The van der Waals surface area contributed by atoms with Gasteiger partial charge in [0.25, 0.3) is 0 Å². The number of hydrogen-bond acceptors (Lipinski definition) is 6.